The van der Waals surface area contributed by atoms with Gasteiger partial charge in [0, 0.05) is 25.6 Å². The highest BCUT2D eigenvalue weighted by Crippen LogP contribution is 2.37. The van der Waals surface area contributed by atoms with E-state index in [2.05, 4.69) is 25.1 Å². The zero-order chi connectivity index (χ0) is 23.4. The molecular formula is C24H21F2N7O. The van der Waals surface area contributed by atoms with Crippen LogP contribution in [0.3, 0.4) is 0 Å². The number of benzene rings is 2. The van der Waals surface area contributed by atoms with Crippen LogP contribution in [0.2, 0.25) is 0 Å². The molecule has 1 amide bonds. The van der Waals surface area contributed by atoms with E-state index in [0.717, 1.165) is 13.0 Å². The third kappa shape index (κ3) is 3.20. The maximum absolute atomic E-state index is 15.2. The molecule has 4 aromatic rings. The molecule has 0 bridgehead atoms. The highest BCUT2D eigenvalue weighted by Gasteiger charge is 2.45. The molecule has 2 aromatic carbocycles. The second-order valence-electron chi connectivity index (χ2n) is 8.76. The Kier molecular flexibility index (Phi) is 4.75. The summed E-state index contributed by atoms with van der Waals surface area (Å²) in [5.74, 6) is -0.295. The van der Waals surface area contributed by atoms with Crippen molar-refractivity contribution in [2.45, 2.75) is 19.4 Å². The van der Waals surface area contributed by atoms with E-state index in [1.165, 1.54) is 23.3 Å². The maximum Gasteiger partial charge on any atom is 0.259 e. The second-order valence-corrected chi connectivity index (χ2v) is 8.76. The Hall–Kier alpha value is -3.95. The number of carbonyl (C=O) groups excluding carboxylic acids is 1. The summed E-state index contributed by atoms with van der Waals surface area (Å²) in [6.07, 6.45) is 5.36. The lowest BCUT2D eigenvalue weighted by Crippen LogP contribution is -2.65. The number of hydrogen-bond donors (Lipinski definition) is 0. The number of rotatable bonds is 3. The van der Waals surface area contributed by atoms with E-state index >= 15 is 4.39 Å². The topological polar surface area (TPSA) is 80.0 Å². The molecule has 10 heteroatoms. The van der Waals surface area contributed by atoms with Crippen molar-refractivity contribution in [3.63, 3.8) is 0 Å². The number of anilines is 1. The van der Waals surface area contributed by atoms with Crippen molar-refractivity contribution in [2.24, 2.45) is 5.92 Å². The van der Waals surface area contributed by atoms with Crippen molar-refractivity contribution < 1.29 is 13.6 Å². The van der Waals surface area contributed by atoms with Crippen molar-refractivity contribution in [2.75, 3.05) is 24.5 Å². The van der Waals surface area contributed by atoms with Gasteiger partial charge < -0.3 is 9.80 Å². The van der Waals surface area contributed by atoms with E-state index < -0.39 is 11.6 Å². The van der Waals surface area contributed by atoms with Gasteiger partial charge in [0.2, 0.25) is 0 Å². The number of carbonyl (C=O) groups is 1. The fourth-order valence-electron chi connectivity index (χ4n) is 4.92. The lowest BCUT2D eigenvalue weighted by atomic mass is 9.82. The Labute approximate surface area is 193 Å². The number of aromatic nitrogens is 5. The van der Waals surface area contributed by atoms with Crippen LogP contribution in [0.5, 0.6) is 0 Å². The minimum absolute atomic E-state index is 0.0264. The zero-order valence-electron chi connectivity index (χ0n) is 18.4. The van der Waals surface area contributed by atoms with Crippen molar-refractivity contribution in [1.29, 1.82) is 0 Å². The second kappa shape index (κ2) is 7.82. The lowest BCUT2D eigenvalue weighted by molar-refractivity contribution is 0.0586. The molecule has 2 aliphatic rings. The van der Waals surface area contributed by atoms with Crippen molar-refractivity contribution >= 4 is 22.8 Å². The first-order valence-corrected chi connectivity index (χ1v) is 11.1. The first-order valence-electron chi connectivity index (χ1n) is 11.1. The molecule has 0 N–H and O–H groups in total. The van der Waals surface area contributed by atoms with Crippen LogP contribution in [0, 0.1) is 24.5 Å². The zero-order valence-corrected chi connectivity index (χ0v) is 18.4. The van der Waals surface area contributed by atoms with Crippen LogP contribution in [0.15, 0.2) is 48.9 Å². The Morgan fingerprint density at radius 3 is 2.74 bits per heavy atom. The molecule has 172 valence electrons. The average Bonchev–Trinajstić information content (AvgIpc) is 3.36. The van der Waals surface area contributed by atoms with E-state index in [-0.39, 0.29) is 23.0 Å². The number of nitrogens with zero attached hydrogens (tertiary/aromatic N) is 7. The smallest absolute Gasteiger partial charge is 0.259 e. The van der Waals surface area contributed by atoms with E-state index in [1.807, 2.05) is 0 Å². The molecule has 34 heavy (non-hydrogen) atoms. The normalized spacial score (nSPS) is 19.7. The van der Waals surface area contributed by atoms with Crippen LogP contribution in [0.1, 0.15) is 22.3 Å². The third-order valence-electron chi connectivity index (χ3n) is 6.81. The summed E-state index contributed by atoms with van der Waals surface area (Å²) in [5, 5.41) is 8.17. The van der Waals surface area contributed by atoms with Gasteiger partial charge in [-0.3, -0.25) is 4.79 Å². The molecule has 6 rings (SSSR count). The van der Waals surface area contributed by atoms with Crippen LogP contribution < -0.4 is 4.90 Å². The van der Waals surface area contributed by atoms with Gasteiger partial charge in [-0.15, -0.1) is 0 Å². The van der Waals surface area contributed by atoms with E-state index in [0.29, 0.717) is 41.6 Å². The number of amides is 1. The summed E-state index contributed by atoms with van der Waals surface area (Å²) >= 11 is 0. The molecule has 2 saturated heterocycles. The van der Waals surface area contributed by atoms with E-state index in [1.54, 1.807) is 42.3 Å². The van der Waals surface area contributed by atoms with Gasteiger partial charge in [0.25, 0.3) is 5.91 Å². The minimum atomic E-state index is -0.560. The lowest BCUT2D eigenvalue weighted by Gasteiger charge is -2.53. The number of piperidine rings is 1. The number of likely N-dealkylation sites (tertiary alicyclic amines) is 1. The molecule has 2 aromatic heterocycles. The summed E-state index contributed by atoms with van der Waals surface area (Å²) in [7, 11) is 0. The molecule has 2 fully saturated rings. The van der Waals surface area contributed by atoms with Gasteiger partial charge in [0.1, 0.15) is 28.4 Å². The van der Waals surface area contributed by atoms with Gasteiger partial charge in [0.15, 0.2) is 5.82 Å². The minimum Gasteiger partial charge on any atom is -0.350 e. The number of fused-ring (bicyclic) bond motifs is 2. The molecular weight excluding hydrogens is 440 g/mol. The van der Waals surface area contributed by atoms with Gasteiger partial charge in [-0.1, -0.05) is 12.1 Å². The summed E-state index contributed by atoms with van der Waals surface area (Å²) < 4.78 is 29.2. The maximum atomic E-state index is 15.2. The van der Waals surface area contributed by atoms with E-state index in [9.17, 15) is 9.18 Å². The molecule has 2 aliphatic heterocycles. The molecule has 0 unspecified atom stereocenters. The van der Waals surface area contributed by atoms with Crippen molar-refractivity contribution in [3.05, 3.63) is 71.7 Å². The third-order valence-corrected chi connectivity index (χ3v) is 6.81. The quantitative estimate of drug-likeness (QED) is 0.466. The van der Waals surface area contributed by atoms with Crippen molar-refractivity contribution in [3.8, 4) is 5.69 Å². The molecule has 2 atom stereocenters. The fraction of sp³-hybridized carbons (Fsp3) is 0.292. The first kappa shape index (κ1) is 20.6. The molecule has 0 radical (unpaired) electrons. The van der Waals surface area contributed by atoms with Gasteiger partial charge >= 0.3 is 0 Å². The Bertz CT molecular complexity index is 1410. The molecule has 8 nitrogen and oxygen atoms in total. The highest BCUT2D eigenvalue weighted by molar-refractivity contribution is 5.98. The van der Waals surface area contributed by atoms with Gasteiger partial charge in [0.05, 0.1) is 30.1 Å². The summed E-state index contributed by atoms with van der Waals surface area (Å²) in [5.41, 5.74) is 1.40. The summed E-state index contributed by atoms with van der Waals surface area (Å²) in [6, 6.07) is 8.02. The number of aryl methyl sites for hydroxylation is 1. The summed E-state index contributed by atoms with van der Waals surface area (Å²) in [4.78, 5) is 27.4. The van der Waals surface area contributed by atoms with Crippen LogP contribution >= 0.6 is 0 Å². The molecule has 0 spiro atoms. The van der Waals surface area contributed by atoms with Crippen LogP contribution in [0.25, 0.3) is 16.7 Å². The van der Waals surface area contributed by atoms with Crippen molar-refractivity contribution in [1.82, 2.24) is 29.9 Å². The molecule has 0 saturated carbocycles. The molecule has 4 heterocycles. The van der Waals surface area contributed by atoms with Crippen LogP contribution in [0.4, 0.5) is 14.6 Å². The van der Waals surface area contributed by atoms with E-state index in [4.69, 9.17) is 0 Å². The standard InChI is InChI=1S/C24H21F2N7O/c1-14-5-6-18(33-28-8-9-29-33)21(22(14)26)24(34)31-10-7-15-12-32(19(15)13-31)20-11-27-23-16(25)3-2-4-17(23)30-20/h2-6,8-9,11,15,19H,7,10,12-13H2,1H3/t15-,19-/m0/s1. The fourth-order valence-corrected chi connectivity index (χ4v) is 4.92. The first-order chi connectivity index (χ1) is 16.5. The predicted octanol–water partition coefficient (Wildman–Crippen LogP) is 3.15. The Morgan fingerprint density at radius 2 is 1.91 bits per heavy atom. The highest BCUT2D eigenvalue weighted by atomic mass is 19.1. The molecule has 0 aliphatic carbocycles. The van der Waals surface area contributed by atoms with Gasteiger partial charge in [-0.25, -0.2) is 18.7 Å². The number of halogens is 2. The largest absolute Gasteiger partial charge is 0.350 e. The van der Waals surface area contributed by atoms with Crippen LogP contribution in [-0.4, -0.2) is 61.4 Å². The average molecular weight is 461 g/mol. The number of hydrogen-bond acceptors (Lipinski definition) is 6. The van der Waals surface area contributed by atoms with Gasteiger partial charge in [-0.2, -0.15) is 15.0 Å². The summed E-state index contributed by atoms with van der Waals surface area (Å²) in [6.45, 7) is 3.41. The SMILES string of the molecule is Cc1ccc(-n2nccn2)c(C(=O)N2CC[C@H]3CN(c4cnc5c(F)cccc5n4)[C@H]3C2)c1F. The Morgan fingerprint density at radius 1 is 1.09 bits per heavy atom. The number of para-hydroxylation sites is 1. The Balaban J connectivity index is 1.29. The predicted molar refractivity (Wildman–Crippen MR) is 121 cm³/mol. The monoisotopic (exact) mass is 461 g/mol. The van der Waals surface area contributed by atoms with Crippen LogP contribution in [-0.2, 0) is 0 Å². The van der Waals surface area contributed by atoms with Gasteiger partial charge in [-0.05, 0) is 37.1 Å².